The molecule has 0 aliphatic heterocycles. The second-order valence-electron chi connectivity index (χ2n) is 4.39. The average Bonchev–Trinajstić information content (AvgIpc) is 2.32. The van der Waals surface area contributed by atoms with Crippen LogP contribution in [0.2, 0.25) is 0 Å². The fourth-order valence-electron chi connectivity index (χ4n) is 1.51. The van der Waals surface area contributed by atoms with Gasteiger partial charge in [-0.25, -0.2) is 4.39 Å². The molecular formula is C13H20FNOS. The molecule has 1 aromatic carbocycles. The third-order valence-corrected chi connectivity index (χ3v) is 4.10. The number of rotatable bonds is 6. The Bertz CT molecular complexity index is 357. The first-order valence-electron chi connectivity index (χ1n) is 5.61. The minimum atomic E-state index is -0.271. The van der Waals surface area contributed by atoms with Crippen molar-refractivity contribution in [3.63, 3.8) is 0 Å². The number of nitrogens with one attached hydrogen (secondary N) is 1. The molecule has 0 radical (unpaired) electrons. The molecule has 0 spiro atoms. The Labute approximate surface area is 107 Å². The Hall–Kier alpha value is -0.580. The number of likely N-dealkylation sites (N-methyl/N-ethyl adjacent to an activating group) is 1. The van der Waals surface area contributed by atoms with Crippen LogP contribution in [0.1, 0.15) is 13.8 Å². The van der Waals surface area contributed by atoms with Crippen molar-refractivity contribution in [3.8, 4) is 0 Å². The second-order valence-corrected chi connectivity index (χ2v) is 5.45. The molecule has 1 rings (SSSR count). The number of ether oxygens (including phenoxy) is 1. The Morgan fingerprint density at radius 3 is 2.59 bits per heavy atom. The zero-order valence-corrected chi connectivity index (χ0v) is 11.6. The van der Waals surface area contributed by atoms with Gasteiger partial charge >= 0.3 is 0 Å². The fraction of sp³-hybridized carbons (Fsp3) is 0.538. The van der Waals surface area contributed by atoms with Crippen molar-refractivity contribution in [2.75, 3.05) is 19.9 Å². The van der Waals surface area contributed by atoms with Crippen molar-refractivity contribution < 1.29 is 9.13 Å². The first-order chi connectivity index (χ1) is 8.01. The van der Waals surface area contributed by atoms with E-state index in [-0.39, 0.29) is 17.5 Å². The van der Waals surface area contributed by atoms with E-state index in [1.165, 1.54) is 17.8 Å². The van der Waals surface area contributed by atoms with Crippen LogP contribution in [0, 0.1) is 5.82 Å². The number of methoxy groups -OCH3 is 1. The van der Waals surface area contributed by atoms with Crippen LogP contribution < -0.4 is 5.32 Å². The third kappa shape index (κ3) is 3.98. The summed E-state index contributed by atoms with van der Waals surface area (Å²) in [5, 5.41) is 3.21. The smallest absolute Gasteiger partial charge is 0.136 e. The molecule has 0 heterocycles. The van der Waals surface area contributed by atoms with Gasteiger partial charge in [0.15, 0.2) is 0 Å². The summed E-state index contributed by atoms with van der Waals surface area (Å²) in [6.45, 7) is 4.05. The largest absolute Gasteiger partial charge is 0.377 e. The molecule has 0 saturated heterocycles. The van der Waals surface area contributed by atoms with E-state index in [0.717, 1.165) is 5.75 Å². The number of hydrogen-bond donors (Lipinski definition) is 1. The van der Waals surface area contributed by atoms with E-state index in [1.54, 1.807) is 19.2 Å². The molecule has 1 N–H and O–H groups in total. The lowest BCUT2D eigenvalue weighted by molar-refractivity contribution is -0.00156. The highest BCUT2D eigenvalue weighted by Crippen LogP contribution is 2.25. The second kappa shape index (κ2) is 6.38. The summed E-state index contributed by atoms with van der Waals surface area (Å²) in [5.74, 6) is 0.598. The summed E-state index contributed by atoms with van der Waals surface area (Å²) < 4.78 is 18.9. The minimum Gasteiger partial charge on any atom is -0.377 e. The topological polar surface area (TPSA) is 21.3 Å². The van der Waals surface area contributed by atoms with Gasteiger partial charge in [0.05, 0.1) is 5.60 Å². The zero-order chi connectivity index (χ0) is 12.9. The number of hydrogen-bond acceptors (Lipinski definition) is 3. The first kappa shape index (κ1) is 14.5. The molecule has 2 nitrogen and oxygen atoms in total. The summed E-state index contributed by atoms with van der Waals surface area (Å²) in [7, 11) is 3.59. The van der Waals surface area contributed by atoms with Crippen molar-refractivity contribution in [3.05, 3.63) is 30.1 Å². The molecule has 96 valence electrons. The minimum absolute atomic E-state index is 0.164. The summed E-state index contributed by atoms with van der Waals surface area (Å²) in [4.78, 5) is 0.680. The van der Waals surface area contributed by atoms with Gasteiger partial charge in [-0.2, -0.15) is 0 Å². The quantitative estimate of drug-likeness (QED) is 0.792. The predicted octanol–water partition coefficient (Wildman–Crippen LogP) is 2.93. The van der Waals surface area contributed by atoms with Crippen molar-refractivity contribution in [2.24, 2.45) is 0 Å². The lowest BCUT2D eigenvalue weighted by Gasteiger charge is -2.32. The van der Waals surface area contributed by atoms with Gasteiger partial charge in [-0.15, -0.1) is 11.8 Å². The van der Waals surface area contributed by atoms with Crippen molar-refractivity contribution in [1.29, 1.82) is 0 Å². The van der Waals surface area contributed by atoms with Crippen LogP contribution in [0.3, 0.4) is 0 Å². The van der Waals surface area contributed by atoms with Crippen LogP contribution in [-0.2, 0) is 4.74 Å². The normalized spacial score (nSPS) is 13.7. The van der Waals surface area contributed by atoms with Crippen molar-refractivity contribution in [1.82, 2.24) is 5.32 Å². The predicted molar refractivity (Wildman–Crippen MR) is 71.1 cm³/mol. The van der Waals surface area contributed by atoms with E-state index >= 15 is 0 Å². The van der Waals surface area contributed by atoms with E-state index in [1.807, 2.05) is 27.0 Å². The Balaban J connectivity index is 2.63. The molecule has 0 aliphatic carbocycles. The maximum Gasteiger partial charge on any atom is 0.136 e. The van der Waals surface area contributed by atoms with Crippen molar-refractivity contribution >= 4 is 11.8 Å². The molecule has 0 saturated carbocycles. The molecule has 1 atom stereocenters. The maximum absolute atomic E-state index is 13.4. The molecular weight excluding hydrogens is 237 g/mol. The fourth-order valence-corrected chi connectivity index (χ4v) is 2.80. The SMILES string of the molecule is CNC(CSc1ccccc1F)C(C)(C)OC. The van der Waals surface area contributed by atoms with Gasteiger partial charge in [0.2, 0.25) is 0 Å². The van der Waals surface area contributed by atoms with Gasteiger partial charge < -0.3 is 10.1 Å². The van der Waals surface area contributed by atoms with Crippen LogP contribution in [0.5, 0.6) is 0 Å². The highest BCUT2D eigenvalue weighted by Gasteiger charge is 2.28. The molecule has 0 bridgehead atoms. The lowest BCUT2D eigenvalue weighted by Crippen LogP contribution is -2.48. The molecule has 0 aliphatic rings. The lowest BCUT2D eigenvalue weighted by atomic mass is 10.0. The summed E-state index contributed by atoms with van der Waals surface area (Å²) in [6.07, 6.45) is 0. The summed E-state index contributed by atoms with van der Waals surface area (Å²) >= 11 is 1.50. The van der Waals surface area contributed by atoms with Gasteiger partial charge in [-0.1, -0.05) is 12.1 Å². The van der Waals surface area contributed by atoms with Gasteiger partial charge in [0, 0.05) is 23.8 Å². The molecule has 1 unspecified atom stereocenters. The third-order valence-electron chi connectivity index (χ3n) is 2.96. The first-order valence-corrected chi connectivity index (χ1v) is 6.59. The van der Waals surface area contributed by atoms with Gasteiger partial charge in [0.1, 0.15) is 5.82 Å². The highest BCUT2D eigenvalue weighted by atomic mass is 32.2. The Morgan fingerprint density at radius 2 is 2.06 bits per heavy atom. The maximum atomic E-state index is 13.4. The number of thioether (sulfide) groups is 1. The Morgan fingerprint density at radius 1 is 1.41 bits per heavy atom. The van der Waals surface area contributed by atoms with Gasteiger partial charge in [-0.3, -0.25) is 0 Å². The molecule has 1 aromatic rings. The number of halogens is 1. The van der Waals surface area contributed by atoms with E-state index in [0.29, 0.717) is 4.90 Å². The Kier molecular flexibility index (Phi) is 5.43. The van der Waals surface area contributed by atoms with Gasteiger partial charge in [-0.05, 0) is 33.0 Å². The van der Waals surface area contributed by atoms with E-state index < -0.39 is 0 Å². The highest BCUT2D eigenvalue weighted by molar-refractivity contribution is 7.99. The van der Waals surface area contributed by atoms with Crippen LogP contribution >= 0.6 is 11.8 Å². The van der Waals surface area contributed by atoms with Crippen LogP contribution in [-0.4, -0.2) is 31.6 Å². The van der Waals surface area contributed by atoms with E-state index in [2.05, 4.69) is 5.32 Å². The van der Waals surface area contributed by atoms with E-state index in [9.17, 15) is 4.39 Å². The zero-order valence-electron chi connectivity index (χ0n) is 10.8. The molecule has 0 aromatic heterocycles. The standard InChI is InChI=1S/C13H20FNOS/c1-13(2,16-4)12(15-3)9-17-11-8-6-5-7-10(11)14/h5-8,12,15H,9H2,1-4H3. The number of benzene rings is 1. The molecule has 4 heteroatoms. The molecule has 17 heavy (non-hydrogen) atoms. The van der Waals surface area contributed by atoms with Crippen LogP contribution in [0.25, 0.3) is 0 Å². The van der Waals surface area contributed by atoms with Crippen LogP contribution in [0.15, 0.2) is 29.2 Å². The molecule has 0 amide bonds. The van der Waals surface area contributed by atoms with Crippen LogP contribution in [0.4, 0.5) is 4.39 Å². The van der Waals surface area contributed by atoms with Gasteiger partial charge in [0.25, 0.3) is 0 Å². The molecule has 0 fully saturated rings. The van der Waals surface area contributed by atoms with E-state index in [4.69, 9.17) is 4.74 Å². The summed E-state index contributed by atoms with van der Waals surface area (Å²) in [5.41, 5.74) is -0.271. The van der Waals surface area contributed by atoms with Crippen molar-refractivity contribution in [2.45, 2.75) is 30.4 Å². The average molecular weight is 257 g/mol. The summed E-state index contributed by atoms with van der Waals surface area (Å²) in [6, 6.07) is 7.00. The monoisotopic (exact) mass is 257 g/mol.